The molecule has 7 nitrogen and oxygen atoms in total. The molecular formula is C23H28N4O3. The molecule has 30 heavy (non-hydrogen) atoms. The van der Waals surface area contributed by atoms with Crippen LogP contribution >= 0.6 is 0 Å². The summed E-state index contributed by atoms with van der Waals surface area (Å²) in [6.45, 7) is 3.90. The smallest absolute Gasteiger partial charge is 0.411 e. The van der Waals surface area contributed by atoms with Crippen molar-refractivity contribution in [2.24, 2.45) is 0 Å². The second-order valence-corrected chi connectivity index (χ2v) is 7.05. The minimum atomic E-state index is -0.659. The number of carbonyl (C=O) groups excluding carboxylic acids is 1. The summed E-state index contributed by atoms with van der Waals surface area (Å²) < 4.78 is 5.08. The highest BCUT2D eigenvalue weighted by atomic mass is 16.5. The fourth-order valence-electron chi connectivity index (χ4n) is 2.89. The molecule has 2 atom stereocenters. The van der Waals surface area contributed by atoms with E-state index < -0.39 is 12.3 Å². The Labute approximate surface area is 177 Å². The lowest BCUT2D eigenvalue weighted by molar-refractivity contribution is 0.160. The van der Waals surface area contributed by atoms with Crippen LogP contribution in [-0.4, -0.2) is 43.3 Å². The SMILES string of the molecule is CCCCOC(=O)Nc1ccc(C#Cc2ccc(NC(O)[C@@H]3CNCN3)cc2)cc1. The molecule has 2 aromatic carbocycles. The van der Waals surface area contributed by atoms with E-state index in [9.17, 15) is 9.90 Å². The lowest BCUT2D eigenvalue weighted by atomic mass is 10.1. The van der Waals surface area contributed by atoms with Gasteiger partial charge in [-0.25, -0.2) is 4.79 Å². The Balaban J connectivity index is 1.50. The van der Waals surface area contributed by atoms with Gasteiger partial charge in [-0.2, -0.15) is 0 Å². The lowest BCUT2D eigenvalue weighted by Crippen LogP contribution is -2.41. The fraction of sp³-hybridized carbons (Fsp3) is 0.348. The first-order chi connectivity index (χ1) is 14.6. The quantitative estimate of drug-likeness (QED) is 0.275. The second kappa shape index (κ2) is 11.2. The summed E-state index contributed by atoms with van der Waals surface area (Å²) >= 11 is 0. The highest BCUT2D eigenvalue weighted by Gasteiger charge is 2.21. The van der Waals surface area contributed by atoms with Gasteiger partial charge in [0.05, 0.1) is 12.6 Å². The summed E-state index contributed by atoms with van der Waals surface area (Å²) in [6, 6.07) is 14.9. The van der Waals surface area contributed by atoms with Crippen LogP contribution in [0.2, 0.25) is 0 Å². The van der Waals surface area contributed by atoms with Gasteiger partial charge < -0.3 is 20.5 Å². The van der Waals surface area contributed by atoms with Crippen molar-refractivity contribution in [3.8, 4) is 11.8 Å². The van der Waals surface area contributed by atoms with Crippen molar-refractivity contribution in [3.63, 3.8) is 0 Å². The van der Waals surface area contributed by atoms with E-state index >= 15 is 0 Å². The Bertz CT molecular complexity index is 866. The number of ether oxygens (including phenoxy) is 1. The van der Waals surface area contributed by atoms with E-state index in [1.165, 1.54) is 0 Å². The molecule has 7 heteroatoms. The topological polar surface area (TPSA) is 94.7 Å². The van der Waals surface area contributed by atoms with Crippen LogP contribution in [0.15, 0.2) is 48.5 Å². The maximum Gasteiger partial charge on any atom is 0.411 e. The van der Waals surface area contributed by atoms with Gasteiger partial charge >= 0.3 is 6.09 Å². The maximum atomic E-state index is 11.7. The van der Waals surface area contributed by atoms with E-state index in [0.717, 1.165) is 36.2 Å². The first-order valence-corrected chi connectivity index (χ1v) is 10.2. The predicted octanol–water partition coefficient (Wildman–Crippen LogP) is 2.68. The number of nitrogens with one attached hydrogen (secondary N) is 4. The van der Waals surface area contributed by atoms with Gasteiger partial charge in [-0.1, -0.05) is 25.2 Å². The second-order valence-electron chi connectivity index (χ2n) is 7.05. The predicted molar refractivity (Wildman–Crippen MR) is 118 cm³/mol. The number of rotatable bonds is 7. The Hall–Kier alpha value is -3.05. The van der Waals surface area contributed by atoms with Gasteiger partial charge in [-0.05, 0) is 55.0 Å². The van der Waals surface area contributed by atoms with E-state index in [1.807, 2.05) is 43.3 Å². The van der Waals surface area contributed by atoms with E-state index in [2.05, 4.69) is 33.1 Å². The molecule has 0 aromatic heterocycles. The largest absolute Gasteiger partial charge is 0.449 e. The van der Waals surface area contributed by atoms with E-state index in [4.69, 9.17) is 4.74 Å². The Morgan fingerprint density at radius 1 is 1.13 bits per heavy atom. The number of benzene rings is 2. The molecule has 0 radical (unpaired) electrons. The maximum absolute atomic E-state index is 11.7. The molecule has 3 rings (SSSR count). The van der Waals surface area contributed by atoms with Crippen molar-refractivity contribution < 1.29 is 14.6 Å². The third-order valence-corrected chi connectivity index (χ3v) is 4.65. The van der Waals surface area contributed by atoms with Gasteiger partial charge in [0, 0.05) is 35.7 Å². The molecule has 1 unspecified atom stereocenters. The number of aliphatic hydroxyl groups is 1. The van der Waals surface area contributed by atoms with Gasteiger partial charge in [-0.15, -0.1) is 0 Å². The molecule has 1 aliphatic heterocycles. The lowest BCUT2D eigenvalue weighted by Gasteiger charge is -2.19. The normalized spacial score (nSPS) is 16.3. The van der Waals surface area contributed by atoms with Gasteiger partial charge in [0.1, 0.15) is 6.23 Å². The van der Waals surface area contributed by atoms with Crippen LogP contribution in [0.3, 0.4) is 0 Å². The Kier molecular flexibility index (Phi) is 8.10. The molecular weight excluding hydrogens is 380 g/mol. The summed E-state index contributed by atoms with van der Waals surface area (Å²) in [5, 5.41) is 22.3. The molecule has 1 saturated heterocycles. The number of hydrogen-bond acceptors (Lipinski definition) is 6. The van der Waals surface area contributed by atoms with Gasteiger partial charge in [0.15, 0.2) is 0 Å². The van der Waals surface area contributed by atoms with Crippen molar-refractivity contribution in [2.45, 2.75) is 32.0 Å². The van der Waals surface area contributed by atoms with E-state index in [-0.39, 0.29) is 6.04 Å². The average molecular weight is 409 g/mol. The minimum Gasteiger partial charge on any atom is -0.449 e. The number of carbonyl (C=O) groups is 1. The highest BCUT2D eigenvalue weighted by molar-refractivity contribution is 5.84. The van der Waals surface area contributed by atoms with Gasteiger partial charge in [-0.3, -0.25) is 10.6 Å². The molecule has 0 aliphatic carbocycles. The minimum absolute atomic E-state index is 0.0138. The summed E-state index contributed by atoms with van der Waals surface area (Å²) in [7, 11) is 0. The number of hydrogen-bond donors (Lipinski definition) is 5. The van der Waals surface area contributed by atoms with Crippen molar-refractivity contribution in [1.82, 2.24) is 10.6 Å². The number of amides is 1. The molecule has 0 spiro atoms. The fourth-order valence-corrected chi connectivity index (χ4v) is 2.89. The molecule has 1 aliphatic rings. The van der Waals surface area contributed by atoms with Crippen molar-refractivity contribution in [1.29, 1.82) is 0 Å². The summed E-state index contributed by atoms with van der Waals surface area (Å²) in [5.74, 6) is 6.22. The van der Waals surface area contributed by atoms with Crippen molar-refractivity contribution in [3.05, 3.63) is 59.7 Å². The molecule has 0 saturated carbocycles. The van der Waals surface area contributed by atoms with E-state index in [1.54, 1.807) is 12.1 Å². The summed E-state index contributed by atoms with van der Waals surface area (Å²) in [6.07, 6.45) is 0.737. The number of aliphatic hydroxyl groups excluding tert-OH is 1. The highest BCUT2D eigenvalue weighted by Crippen LogP contribution is 2.12. The van der Waals surface area contributed by atoms with Crippen molar-refractivity contribution in [2.75, 3.05) is 30.5 Å². The number of anilines is 2. The van der Waals surface area contributed by atoms with Crippen molar-refractivity contribution >= 4 is 17.5 Å². The van der Waals surface area contributed by atoms with Crippen LogP contribution in [0, 0.1) is 11.8 Å². The Morgan fingerprint density at radius 3 is 2.33 bits per heavy atom. The zero-order valence-electron chi connectivity index (χ0n) is 17.1. The van der Waals surface area contributed by atoms with Crippen LogP contribution in [0.5, 0.6) is 0 Å². The summed E-state index contributed by atoms with van der Waals surface area (Å²) in [4.78, 5) is 11.7. The van der Waals surface area contributed by atoms with Crippen LogP contribution in [0.1, 0.15) is 30.9 Å². The van der Waals surface area contributed by atoms with Crippen LogP contribution < -0.4 is 21.3 Å². The molecule has 1 heterocycles. The van der Waals surface area contributed by atoms with Gasteiger partial charge in [0.2, 0.25) is 0 Å². The third-order valence-electron chi connectivity index (χ3n) is 4.65. The average Bonchev–Trinajstić information content (AvgIpc) is 3.30. The molecule has 2 aromatic rings. The molecule has 158 valence electrons. The zero-order chi connectivity index (χ0) is 21.2. The monoisotopic (exact) mass is 408 g/mol. The standard InChI is InChI=1S/C23H28N4O3/c1-2-3-14-30-23(29)27-20-12-8-18(9-13-20)5-4-17-6-10-19(11-7-17)26-22(28)21-15-24-16-25-21/h6-13,21-22,24-26,28H,2-3,14-16H2,1H3,(H,27,29)/t21-,22?/m0/s1. The van der Waals surface area contributed by atoms with E-state index in [0.29, 0.717) is 19.0 Å². The molecule has 1 fully saturated rings. The Morgan fingerprint density at radius 2 is 1.77 bits per heavy atom. The summed E-state index contributed by atoms with van der Waals surface area (Å²) in [5.41, 5.74) is 3.22. The third kappa shape index (κ3) is 6.78. The molecule has 1 amide bonds. The van der Waals surface area contributed by atoms with Crippen LogP contribution in [-0.2, 0) is 4.74 Å². The first kappa shape index (κ1) is 21.7. The first-order valence-electron chi connectivity index (χ1n) is 10.2. The zero-order valence-corrected chi connectivity index (χ0v) is 17.1. The number of unbranched alkanes of at least 4 members (excludes halogenated alkanes) is 1. The van der Waals surface area contributed by atoms with Crippen LogP contribution in [0.4, 0.5) is 16.2 Å². The molecule has 5 N–H and O–H groups in total. The van der Waals surface area contributed by atoms with Gasteiger partial charge in [0.25, 0.3) is 0 Å². The van der Waals surface area contributed by atoms with Crippen LogP contribution in [0.25, 0.3) is 0 Å². The molecule has 0 bridgehead atoms.